The summed E-state index contributed by atoms with van der Waals surface area (Å²) in [7, 11) is 0. The van der Waals surface area contributed by atoms with Crippen molar-refractivity contribution in [1.29, 1.82) is 0 Å². The van der Waals surface area contributed by atoms with E-state index in [9.17, 15) is 4.79 Å². The first-order valence-corrected chi connectivity index (χ1v) is 4.80. The summed E-state index contributed by atoms with van der Waals surface area (Å²) in [6, 6.07) is 3.32. The van der Waals surface area contributed by atoms with Crippen molar-refractivity contribution >= 4 is 17.6 Å². The summed E-state index contributed by atoms with van der Waals surface area (Å²) in [6.45, 7) is 1.70. The van der Waals surface area contributed by atoms with Crippen LogP contribution in [0.25, 0.3) is 0 Å². The molecule has 1 unspecified atom stereocenters. The smallest absolute Gasteiger partial charge is 0.310 e. The Labute approximate surface area is 91.4 Å². The Bertz CT molecular complexity index is 416. The van der Waals surface area contributed by atoms with E-state index in [1.807, 2.05) is 0 Å². The maximum Gasteiger partial charge on any atom is 0.310 e. The Hall–Kier alpha value is -1.42. The molecule has 0 radical (unpaired) electrons. The molecule has 1 atom stereocenters. The highest BCUT2D eigenvalue weighted by molar-refractivity contribution is 6.33. The second-order valence-corrected chi connectivity index (χ2v) is 3.64. The number of aliphatic carboxylic acids is 1. The van der Waals surface area contributed by atoms with Crippen LogP contribution in [-0.2, 0) is 4.79 Å². The molecule has 1 aromatic rings. The fourth-order valence-corrected chi connectivity index (χ4v) is 1.80. The number of ether oxygens (including phenoxy) is 2. The van der Waals surface area contributed by atoms with Crippen LogP contribution >= 0.6 is 11.6 Å². The van der Waals surface area contributed by atoms with Crippen molar-refractivity contribution in [1.82, 2.24) is 0 Å². The van der Waals surface area contributed by atoms with E-state index in [1.54, 1.807) is 19.1 Å². The van der Waals surface area contributed by atoms with Gasteiger partial charge in [0.2, 0.25) is 6.79 Å². The molecule has 1 heterocycles. The van der Waals surface area contributed by atoms with Gasteiger partial charge in [0.15, 0.2) is 11.5 Å². The first-order valence-electron chi connectivity index (χ1n) is 4.42. The maximum absolute atomic E-state index is 10.8. The summed E-state index contributed by atoms with van der Waals surface area (Å²) in [6.07, 6.45) is 0. The van der Waals surface area contributed by atoms with Crippen LogP contribution in [0, 0.1) is 0 Å². The van der Waals surface area contributed by atoms with Gasteiger partial charge in [0.1, 0.15) is 0 Å². The van der Waals surface area contributed by atoms with Gasteiger partial charge in [0, 0.05) is 0 Å². The largest absolute Gasteiger partial charge is 0.481 e. The van der Waals surface area contributed by atoms with E-state index in [-0.39, 0.29) is 6.79 Å². The third-order valence-corrected chi connectivity index (χ3v) is 2.74. The summed E-state index contributed by atoms with van der Waals surface area (Å²) >= 11 is 6.02. The fraction of sp³-hybridized carbons (Fsp3) is 0.300. The summed E-state index contributed by atoms with van der Waals surface area (Å²) < 4.78 is 10.3. The Morgan fingerprint density at radius 3 is 2.93 bits per heavy atom. The van der Waals surface area contributed by atoms with Crippen LogP contribution in [0.2, 0.25) is 5.02 Å². The molecule has 1 aliphatic rings. The number of rotatable bonds is 2. The average molecular weight is 229 g/mol. The van der Waals surface area contributed by atoms with Crippen LogP contribution in [0.4, 0.5) is 0 Å². The summed E-state index contributed by atoms with van der Waals surface area (Å²) in [4.78, 5) is 10.8. The molecule has 4 nitrogen and oxygen atoms in total. The minimum Gasteiger partial charge on any atom is -0.481 e. The van der Waals surface area contributed by atoms with Crippen molar-refractivity contribution in [2.75, 3.05) is 6.79 Å². The molecule has 0 amide bonds. The topological polar surface area (TPSA) is 55.8 Å². The zero-order valence-electron chi connectivity index (χ0n) is 7.99. The molecule has 5 heteroatoms. The summed E-state index contributed by atoms with van der Waals surface area (Å²) in [5, 5.41) is 9.20. The standard InChI is InChI=1S/C10H9ClO4/c1-5(10(12)13)6-2-3-7-9(8(6)11)15-4-14-7/h2-3,5H,4H2,1H3,(H,12,13). The van der Waals surface area contributed by atoms with Gasteiger partial charge in [-0.05, 0) is 18.6 Å². The number of carboxylic acid groups (broad SMARTS) is 1. The van der Waals surface area contributed by atoms with E-state index in [0.29, 0.717) is 22.1 Å². The molecule has 2 rings (SSSR count). The van der Waals surface area contributed by atoms with E-state index in [2.05, 4.69) is 0 Å². The summed E-state index contributed by atoms with van der Waals surface area (Å²) in [5.74, 6) is -0.591. The van der Waals surface area contributed by atoms with Crippen molar-refractivity contribution < 1.29 is 19.4 Å². The van der Waals surface area contributed by atoms with Gasteiger partial charge >= 0.3 is 5.97 Å². The molecular weight excluding hydrogens is 220 g/mol. The third-order valence-electron chi connectivity index (χ3n) is 2.35. The van der Waals surface area contributed by atoms with E-state index >= 15 is 0 Å². The monoisotopic (exact) mass is 228 g/mol. The maximum atomic E-state index is 10.8. The SMILES string of the molecule is CC(C(=O)O)c1ccc2c(c1Cl)OCO2. The highest BCUT2D eigenvalue weighted by Gasteiger charge is 2.24. The van der Waals surface area contributed by atoms with Crippen LogP contribution in [0.5, 0.6) is 11.5 Å². The zero-order chi connectivity index (χ0) is 11.0. The number of halogens is 1. The van der Waals surface area contributed by atoms with Crippen molar-refractivity contribution in [2.24, 2.45) is 0 Å². The number of fused-ring (bicyclic) bond motifs is 1. The predicted molar refractivity (Wildman–Crippen MR) is 53.6 cm³/mol. The zero-order valence-corrected chi connectivity index (χ0v) is 8.75. The minimum absolute atomic E-state index is 0.125. The van der Waals surface area contributed by atoms with Gasteiger partial charge in [-0.15, -0.1) is 0 Å². The van der Waals surface area contributed by atoms with Crippen LogP contribution in [0.15, 0.2) is 12.1 Å². The first kappa shape index (κ1) is 10.1. The fourth-order valence-electron chi connectivity index (χ4n) is 1.42. The van der Waals surface area contributed by atoms with Gasteiger partial charge < -0.3 is 14.6 Å². The van der Waals surface area contributed by atoms with Crippen molar-refractivity contribution in [3.8, 4) is 11.5 Å². The van der Waals surface area contributed by atoms with Gasteiger partial charge in [0.05, 0.1) is 10.9 Å². The molecule has 0 saturated carbocycles. The van der Waals surface area contributed by atoms with Crippen molar-refractivity contribution in [2.45, 2.75) is 12.8 Å². The molecule has 0 bridgehead atoms. The van der Waals surface area contributed by atoms with Crippen LogP contribution in [-0.4, -0.2) is 17.9 Å². The van der Waals surface area contributed by atoms with E-state index in [0.717, 1.165) is 0 Å². The third kappa shape index (κ3) is 1.61. The van der Waals surface area contributed by atoms with E-state index in [1.165, 1.54) is 0 Å². The van der Waals surface area contributed by atoms with E-state index < -0.39 is 11.9 Å². The molecule has 0 spiro atoms. The molecular formula is C10H9ClO4. The van der Waals surface area contributed by atoms with Gasteiger partial charge in [-0.1, -0.05) is 17.7 Å². The molecule has 0 aromatic heterocycles. The number of carbonyl (C=O) groups is 1. The molecule has 0 aliphatic carbocycles. The average Bonchev–Trinajstić information content (AvgIpc) is 2.66. The Morgan fingerprint density at radius 2 is 2.27 bits per heavy atom. The molecule has 0 saturated heterocycles. The second-order valence-electron chi connectivity index (χ2n) is 3.26. The second kappa shape index (κ2) is 3.62. The number of carboxylic acids is 1. The van der Waals surface area contributed by atoms with Gasteiger partial charge in [-0.2, -0.15) is 0 Å². The lowest BCUT2D eigenvalue weighted by molar-refractivity contribution is -0.138. The van der Waals surface area contributed by atoms with Crippen molar-refractivity contribution in [3.05, 3.63) is 22.7 Å². The quantitative estimate of drug-likeness (QED) is 0.844. The number of hydrogen-bond donors (Lipinski definition) is 1. The Morgan fingerprint density at radius 1 is 1.53 bits per heavy atom. The van der Waals surface area contributed by atoms with Gasteiger partial charge in [-0.25, -0.2) is 0 Å². The van der Waals surface area contributed by atoms with Crippen LogP contribution < -0.4 is 9.47 Å². The number of hydrogen-bond acceptors (Lipinski definition) is 3. The van der Waals surface area contributed by atoms with Crippen molar-refractivity contribution in [3.63, 3.8) is 0 Å². The summed E-state index contributed by atoms with van der Waals surface area (Å²) in [5.41, 5.74) is 0.536. The van der Waals surface area contributed by atoms with Crippen LogP contribution in [0.3, 0.4) is 0 Å². The molecule has 1 aliphatic heterocycles. The van der Waals surface area contributed by atoms with Gasteiger partial charge in [0.25, 0.3) is 0 Å². The predicted octanol–water partition coefficient (Wildman–Crippen LogP) is 2.26. The molecule has 80 valence electrons. The Kier molecular flexibility index (Phi) is 2.44. The lowest BCUT2D eigenvalue weighted by Crippen LogP contribution is -2.07. The van der Waals surface area contributed by atoms with E-state index in [4.69, 9.17) is 26.2 Å². The van der Waals surface area contributed by atoms with Gasteiger partial charge in [-0.3, -0.25) is 4.79 Å². The molecule has 0 fully saturated rings. The molecule has 1 N–H and O–H groups in total. The highest BCUT2D eigenvalue weighted by Crippen LogP contribution is 2.42. The lowest BCUT2D eigenvalue weighted by atomic mass is 10.0. The molecule has 15 heavy (non-hydrogen) atoms. The normalized spacial score (nSPS) is 15.1. The minimum atomic E-state index is -0.921. The first-order chi connectivity index (χ1) is 7.11. The van der Waals surface area contributed by atoms with Crippen LogP contribution in [0.1, 0.15) is 18.4 Å². The molecule has 1 aromatic carbocycles. The number of benzene rings is 1. The Balaban J connectivity index is 2.46. The highest BCUT2D eigenvalue weighted by atomic mass is 35.5. The lowest BCUT2D eigenvalue weighted by Gasteiger charge is -2.10.